The Bertz CT molecular complexity index is 555. The number of aliphatic imine (C=N–C) groups is 1. The van der Waals surface area contributed by atoms with E-state index in [9.17, 15) is 5.21 Å². The van der Waals surface area contributed by atoms with Gasteiger partial charge in [-0.15, -0.1) is 0 Å². The van der Waals surface area contributed by atoms with Gasteiger partial charge in [-0.1, -0.05) is 0 Å². The van der Waals surface area contributed by atoms with Crippen LogP contribution in [0.4, 0.5) is 11.4 Å². The molecular weight excluding hydrogens is 254 g/mol. The Morgan fingerprint density at radius 1 is 1.35 bits per heavy atom. The first-order chi connectivity index (χ1) is 9.58. The minimum Gasteiger partial charge on any atom is -0.739 e. The fourth-order valence-electron chi connectivity index (χ4n) is 2.81. The molecule has 3 rings (SSSR count). The second kappa shape index (κ2) is 4.96. The molecule has 0 radical (unpaired) electrons. The molecule has 0 amide bonds. The lowest BCUT2D eigenvalue weighted by Crippen LogP contribution is -2.46. The van der Waals surface area contributed by atoms with Crippen LogP contribution in [0.3, 0.4) is 0 Å². The van der Waals surface area contributed by atoms with E-state index in [1.54, 1.807) is 0 Å². The van der Waals surface area contributed by atoms with Crippen LogP contribution >= 0.6 is 0 Å². The van der Waals surface area contributed by atoms with E-state index in [0.29, 0.717) is 24.2 Å². The number of hydrogen-bond acceptors (Lipinski definition) is 4. The van der Waals surface area contributed by atoms with E-state index >= 15 is 0 Å². The van der Waals surface area contributed by atoms with Crippen LogP contribution in [0.5, 0.6) is 0 Å². The number of fused-ring (bicyclic) bond motifs is 2. The maximum atomic E-state index is 12.1. The molecule has 0 fully saturated rings. The number of benzene rings is 1. The molecule has 1 heterocycles. The van der Waals surface area contributed by atoms with Crippen LogP contribution in [0.25, 0.3) is 0 Å². The van der Waals surface area contributed by atoms with Crippen LogP contribution in [0.15, 0.2) is 17.1 Å². The van der Waals surface area contributed by atoms with Crippen LogP contribution < -0.4 is 15.9 Å². The normalized spacial score (nSPS) is 22.6. The summed E-state index contributed by atoms with van der Waals surface area (Å²) in [7, 11) is 4.20. The van der Waals surface area contributed by atoms with Crippen molar-refractivity contribution in [3.63, 3.8) is 0 Å². The molecular formula is C14H20N5O-. The lowest BCUT2D eigenvalue weighted by Gasteiger charge is -2.38. The Kier molecular flexibility index (Phi) is 3.27. The Labute approximate surface area is 119 Å². The van der Waals surface area contributed by atoms with Gasteiger partial charge in [-0.05, 0) is 57.1 Å². The first-order valence-electron chi connectivity index (χ1n) is 6.96. The number of hydrogen-bond donors (Lipinski definition) is 2. The quantitative estimate of drug-likeness (QED) is 0.851. The zero-order valence-corrected chi connectivity index (χ0v) is 12.1. The minimum absolute atomic E-state index is 0.511. The zero-order chi connectivity index (χ0) is 14.3. The molecule has 0 spiro atoms. The zero-order valence-electron chi connectivity index (χ0n) is 12.1. The highest BCUT2D eigenvalue weighted by Gasteiger charge is 2.26. The average Bonchev–Trinajstić information content (AvgIpc) is 2.80. The van der Waals surface area contributed by atoms with Gasteiger partial charge < -0.3 is 20.6 Å². The van der Waals surface area contributed by atoms with E-state index in [-0.39, 0.29) is 0 Å². The van der Waals surface area contributed by atoms with E-state index in [0.717, 1.165) is 23.7 Å². The standard InChI is InChI=1S/C14H20N5O/c1-4-15-14-16-12-7-9-5-11(18(2)3)6-10(9)8-13(12)19(20)17-14/h7-8,11H,4-6H2,1-3H3,(H2,15,16,17)/q-1. The molecule has 6 heteroatoms. The number of rotatable bonds is 2. The summed E-state index contributed by atoms with van der Waals surface area (Å²) in [6, 6.07) is 4.60. The van der Waals surface area contributed by atoms with E-state index in [1.807, 2.05) is 13.0 Å². The molecule has 1 aromatic carbocycles. The van der Waals surface area contributed by atoms with E-state index in [4.69, 9.17) is 0 Å². The number of nitrogens with one attached hydrogen (secondary N) is 2. The Hall–Kier alpha value is -1.79. The van der Waals surface area contributed by atoms with Crippen molar-refractivity contribution < 1.29 is 0 Å². The SMILES string of the molecule is CCN=C1Nc2cc3c(cc2N([O-])N1)CC(N(C)C)C3. The van der Waals surface area contributed by atoms with Crippen molar-refractivity contribution in [2.45, 2.75) is 25.8 Å². The summed E-state index contributed by atoms with van der Waals surface area (Å²) < 4.78 is 0. The second-order valence-corrected chi connectivity index (χ2v) is 5.52. The van der Waals surface area contributed by atoms with E-state index < -0.39 is 0 Å². The Morgan fingerprint density at radius 2 is 2.05 bits per heavy atom. The third-order valence-electron chi connectivity index (χ3n) is 3.95. The highest BCUT2D eigenvalue weighted by atomic mass is 16.5. The third kappa shape index (κ3) is 2.21. The topological polar surface area (TPSA) is 66.0 Å². The fourth-order valence-corrected chi connectivity index (χ4v) is 2.81. The summed E-state index contributed by atoms with van der Waals surface area (Å²) in [6.45, 7) is 2.57. The third-order valence-corrected chi connectivity index (χ3v) is 3.95. The molecule has 1 aromatic rings. The monoisotopic (exact) mass is 274 g/mol. The van der Waals surface area contributed by atoms with Crippen LogP contribution in [0.1, 0.15) is 18.1 Å². The Balaban J connectivity index is 1.93. The van der Waals surface area contributed by atoms with Crippen LogP contribution in [-0.2, 0) is 12.8 Å². The van der Waals surface area contributed by atoms with Gasteiger partial charge in [-0.3, -0.25) is 10.4 Å². The van der Waals surface area contributed by atoms with Crippen LogP contribution in [0, 0.1) is 5.21 Å². The van der Waals surface area contributed by atoms with Crippen molar-refractivity contribution in [2.75, 3.05) is 31.1 Å². The van der Waals surface area contributed by atoms with Gasteiger partial charge in [0.1, 0.15) is 0 Å². The molecule has 0 saturated heterocycles. The molecule has 1 unspecified atom stereocenters. The summed E-state index contributed by atoms with van der Waals surface area (Å²) in [4.78, 5) is 6.45. The van der Waals surface area contributed by atoms with Crippen molar-refractivity contribution in [3.8, 4) is 0 Å². The maximum Gasteiger partial charge on any atom is 0.214 e. The summed E-state index contributed by atoms with van der Waals surface area (Å²) >= 11 is 0. The van der Waals surface area contributed by atoms with Crippen molar-refractivity contribution in [2.24, 2.45) is 4.99 Å². The summed E-state index contributed by atoms with van der Waals surface area (Å²) in [5.41, 5.74) is 6.77. The van der Waals surface area contributed by atoms with Crippen molar-refractivity contribution >= 4 is 17.3 Å². The van der Waals surface area contributed by atoms with Gasteiger partial charge in [-0.25, -0.2) is 0 Å². The second-order valence-electron chi connectivity index (χ2n) is 5.52. The number of anilines is 2. The first-order valence-corrected chi connectivity index (χ1v) is 6.96. The summed E-state index contributed by atoms with van der Waals surface area (Å²) in [5, 5.41) is 16.0. The molecule has 108 valence electrons. The molecule has 1 atom stereocenters. The van der Waals surface area contributed by atoms with E-state index in [1.165, 1.54) is 11.1 Å². The van der Waals surface area contributed by atoms with Gasteiger partial charge in [0.05, 0.1) is 11.4 Å². The predicted octanol–water partition coefficient (Wildman–Crippen LogP) is 1.33. The number of likely N-dealkylation sites (N-methyl/N-ethyl adjacent to an activating group) is 1. The first kappa shape index (κ1) is 13.2. The smallest absolute Gasteiger partial charge is 0.214 e. The molecule has 2 aliphatic rings. The van der Waals surface area contributed by atoms with E-state index in [2.05, 4.69) is 40.8 Å². The van der Waals surface area contributed by atoms with Gasteiger partial charge in [-0.2, -0.15) is 0 Å². The molecule has 0 bridgehead atoms. The van der Waals surface area contributed by atoms with Crippen LogP contribution in [-0.4, -0.2) is 37.5 Å². The molecule has 0 saturated carbocycles. The van der Waals surface area contributed by atoms with Crippen molar-refractivity contribution in [1.82, 2.24) is 10.3 Å². The molecule has 20 heavy (non-hydrogen) atoms. The summed E-state index contributed by atoms with van der Waals surface area (Å²) in [5.74, 6) is 0.511. The maximum absolute atomic E-state index is 12.1. The molecule has 1 aliphatic heterocycles. The van der Waals surface area contributed by atoms with Gasteiger partial charge in [0, 0.05) is 12.6 Å². The minimum atomic E-state index is 0.511. The highest BCUT2D eigenvalue weighted by molar-refractivity contribution is 6.01. The van der Waals surface area contributed by atoms with Gasteiger partial charge in [0.25, 0.3) is 0 Å². The predicted molar refractivity (Wildman–Crippen MR) is 81.9 cm³/mol. The molecule has 0 aromatic heterocycles. The Morgan fingerprint density at radius 3 is 2.70 bits per heavy atom. The highest BCUT2D eigenvalue weighted by Crippen LogP contribution is 2.35. The lowest BCUT2D eigenvalue weighted by atomic mass is 10.1. The fraction of sp³-hybridized carbons (Fsp3) is 0.500. The average molecular weight is 274 g/mol. The number of hydrazine groups is 1. The molecule has 2 N–H and O–H groups in total. The van der Waals surface area contributed by atoms with Gasteiger partial charge in [0.2, 0.25) is 5.96 Å². The number of nitrogens with zero attached hydrogens (tertiary/aromatic N) is 3. The van der Waals surface area contributed by atoms with Gasteiger partial charge in [0.15, 0.2) is 0 Å². The largest absolute Gasteiger partial charge is 0.739 e. The van der Waals surface area contributed by atoms with Crippen molar-refractivity contribution in [1.29, 1.82) is 0 Å². The lowest BCUT2D eigenvalue weighted by molar-refractivity contribution is 0.303. The van der Waals surface area contributed by atoms with Gasteiger partial charge >= 0.3 is 0 Å². The molecule has 6 nitrogen and oxygen atoms in total. The number of guanidine groups is 1. The van der Waals surface area contributed by atoms with Crippen molar-refractivity contribution in [3.05, 3.63) is 28.5 Å². The molecule has 1 aliphatic carbocycles. The van der Waals surface area contributed by atoms with Crippen LogP contribution in [0.2, 0.25) is 0 Å². The summed E-state index contributed by atoms with van der Waals surface area (Å²) in [6.07, 6.45) is 2.03.